The van der Waals surface area contributed by atoms with E-state index in [1.165, 1.54) is 6.07 Å². The SMILES string of the molecule is CNC1CCSCc2c(F)cc(Cl)cc21. The van der Waals surface area contributed by atoms with Crippen molar-refractivity contribution in [3.8, 4) is 0 Å². The molecule has 0 saturated heterocycles. The summed E-state index contributed by atoms with van der Waals surface area (Å²) >= 11 is 7.66. The van der Waals surface area contributed by atoms with Crippen molar-refractivity contribution in [1.82, 2.24) is 5.32 Å². The zero-order valence-corrected chi connectivity index (χ0v) is 10.1. The Balaban J connectivity index is 2.50. The van der Waals surface area contributed by atoms with E-state index in [1.807, 2.05) is 13.1 Å². The van der Waals surface area contributed by atoms with Gasteiger partial charge >= 0.3 is 0 Å². The van der Waals surface area contributed by atoms with Crippen molar-refractivity contribution >= 4 is 23.4 Å². The van der Waals surface area contributed by atoms with Crippen LogP contribution in [-0.4, -0.2) is 12.8 Å². The number of rotatable bonds is 1. The quantitative estimate of drug-likeness (QED) is 0.814. The molecule has 1 N–H and O–H groups in total. The van der Waals surface area contributed by atoms with Gasteiger partial charge in [-0.3, -0.25) is 0 Å². The van der Waals surface area contributed by atoms with E-state index in [4.69, 9.17) is 11.6 Å². The lowest BCUT2D eigenvalue weighted by molar-refractivity contribution is 0.565. The van der Waals surface area contributed by atoms with Crippen molar-refractivity contribution in [3.63, 3.8) is 0 Å². The predicted octanol–water partition coefficient (Wildman–Crippen LogP) is 3.38. The molecule has 1 aliphatic heterocycles. The first kappa shape index (κ1) is 11.2. The fourth-order valence-corrected chi connectivity index (χ4v) is 3.19. The molecule has 0 radical (unpaired) electrons. The summed E-state index contributed by atoms with van der Waals surface area (Å²) in [6.45, 7) is 0. The molecule has 0 aromatic heterocycles. The highest BCUT2D eigenvalue weighted by atomic mass is 35.5. The van der Waals surface area contributed by atoms with Crippen LogP contribution in [0.1, 0.15) is 23.6 Å². The van der Waals surface area contributed by atoms with Gasteiger partial charge in [0.05, 0.1) is 0 Å². The average Bonchev–Trinajstić information content (AvgIpc) is 2.39. The maximum atomic E-state index is 13.7. The molecule has 1 nitrogen and oxygen atoms in total. The lowest BCUT2D eigenvalue weighted by Crippen LogP contribution is -2.17. The minimum atomic E-state index is -0.174. The van der Waals surface area contributed by atoms with Crippen LogP contribution in [0.3, 0.4) is 0 Å². The van der Waals surface area contributed by atoms with Crippen LogP contribution in [0.2, 0.25) is 5.02 Å². The summed E-state index contributed by atoms with van der Waals surface area (Å²) in [5, 5.41) is 3.70. The fraction of sp³-hybridized carbons (Fsp3) is 0.455. The molecule has 82 valence electrons. The standard InChI is InChI=1S/C11H13ClFNS/c1-14-11-2-3-15-6-9-8(11)4-7(12)5-10(9)13/h4-5,11,14H,2-3,6H2,1H3. The molecule has 0 aliphatic carbocycles. The summed E-state index contributed by atoms with van der Waals surface area (Å²) < 4.78 is 13.7. The van der Waals surface area contributed by atoms with Gasteiger partial charge in [-0.05, 0) is 36.9 Å². The molecule has 15 heavy (non-hydrogen) atoms. The summed E-state index contributed by atoms with van der Waals surface area (Å²) in [7, 11) is 1.91. The van der Waals surface area contributed by atoms with Gasteiger partial charge in [0.15, 0.2) is 0 Å². The molecular formula is C11H13ClFNS. The molecule has 1 aromatic rings. The third-order valence-corrected chi connectivity index (χ3v) is 3.95. The van der Waals surface area contributed by atoms with Gasteiger partial charge in [-0.25, -0.2) is 4.39 Å². The third-order valence-electron chi connectivity index (χ3n) is 2.72. The summed E-state index contributed by atoms with van der Waals surface area (Å²) in [5.41, 5.74) is 1.83. The van der Waals surface area contributed by atoms with E-state index in [2.05, 4.69) is 5.32 Å². The van der Waals surface area contributed by atoms with E-state index in [0.29, 0.717) is 5.02 Å². The van der Waals surface area contributed by atoms with E-state index < -0.39 is 0 Å². The highest BCUT2D eigenvalue weighted by molar-refractivity contribution is 7.98. The van der Waals surface area contributed by atoms with E-state index in [9.17, 15) is 4.39 Å². The zero-order chi connectivity index (χ0) is 10.8. The number of benzene rings is 1. The Labute approximate surface area is 98.4 Å². The van der Waals surface area contributed by atoms with E-state index in [0.717, 1.165) is 29.1 Å². The van der Waals surface area contributed by atoms with Gasteiger partial charge in [0, 0.05) is 22.4 Å². The molecule has 0 amide bonds. The Morgan fingerprint density at radius 3 is 3.07 bits per heavy atom. The van der Waals surface area contributed by atoms with Gasteiger partial charge in [-0.2, -0.15) is 11.8 Å². The van der Waals surface area contributed by atoms with Crippen LogP contribution in [0, 0.1) is 5.82 Å². The van der Waals surface area contributed by atoms with E-state index in [-0.39, 0.29) is 11.9 Å². The molecule has 0 spiro atoms. The van der Waals surface area contributed by atoms with Crippen LogP contribution in [0.25, 0.3) is 0 Å². The summed E-state index contributed by atoms with van der Waals surface area (Å²) in [6.07, 6.45) is 1.02. The molecule has 0 saturated carbocycles. The third kappa shape index (κ3) is 2.30. The smallest absolute Gasteiger partial charge is 0.129 e. The zero-order valence-electron chi connectivity index (χ0n) is 8.52. The Morgan fingerprint density at radius 2 is 2.33 bits per heavy atom. The van der Waals surface area contributed by atoms with Crippen LogP contribution in [0.4, 0.5) is 4.39 Å². The number of hydrogen-bond donors (Lipinski definition) is 1. The number of halogens is 2. The molecule has 1 unspecified atom stereocenters. The number of fused-ring (bicyclic) bond motifs is 1. The molecular weight excluding hydrogens is 233 g/mol. The van der Waals surface area contributed by atoms with Crippen LogP contribution < -0.4 is 5.32 Å². The van der Waals surface area contributed by atoms with Gasteiger partial charge in [-0.1, -0.05) is 11.6 Å². The summed E-state index contributed by atoms with van der Waals surface area (Å²) in [5.74, 6) is 1.63. The first-order valence-electron chi connectivity index (χ1n) is 4.95. The van der Waals surface area contributed by atoms with Crippen LogP contribution in [-0.2, 0) is 5.75 Å². The first-order valence-corrected chi connectivity index (χ1v) is 6.48. The second kappa shape index (κ2) is 4.73. The molecule has 4 heteroatoms. The molecule has 1 aromatic carbocycles. The fourth-order valence-electron chi connectivity index (χ4n) is 1.92. The van der Waals surface area contributed by atoms with Gasteiger partial charge in [0.25, 0.3) is 0 Å². The van der Waals surface area contributed by atoms with Gasteiger partial charge in [0.1, 0.15) is 5.82 Å². The van der Waals surface area contributed by atoms with Crippen LogP contribution >= 0.6 is 23.4 Å². The molecule has 2 rings (SSSR count). The van der Waals surface area contributed by atoms with Crippen LogP contribution in [0.15, 0.2) is 12.1 Å². The van der Waals surface area contributed by atoms with Gasteiger partial charge < -0.3 is 5.32 Å². The predicted molar refractivity (Wildman–Crippen MR) is 64.0 cm³/mol. The first-order chi connectivity index (χ1) is 7.22. The minimum Gasteiger partial charge on any atom is -0.313 e. The molecule has 1 atom stereocenters. The Bertz CT molecular complexity index is 370. The lowest BCUT2D eigenvalue weighted by atomic mass is 9.99. The number of thioether (sulfide) groups is 1. The molecule has 0 bridgehead atoms. The lowest BCUT2D eigenvalue weighted by Gasteiger charge is -2.17. The van der Waals surface area contributed by atoms with Crippen molar-refractivity contribution in [1.29, 1.82) is 0 Å². The summed E-state index contributed by atoms with van der Waals surface area (Å²) in [6, 6.07) is 3.51. The summed E-state index contributed by atoms with van der Waals surface area (Å²) in [4.78, 5) is 0. The Hall–Kier alpha value is -0.250. The monoisotopic (exact) mass is 245 g/mol. The topological polar surface area (TPSA) is 12.0 Å². The van der Waals surface area contributed by atoms with Crippen molar-refractivity contribution in [2.24, 2.45) is 0 Å². The van der Waals surface area contributed by atoms with Crippen molar-refractivity contribution < 1.29 is 4.39 Å². The average molecular weight is 246 g/mol. The van der Waals surface area contributed by atoms with Crippen LogP contribution in [0.5, 0.6) is 0 Å². The maximum absolute atomic E-state index is 13.7. The van der Waals surface area contributed by atoms with E-state index >= 15 is 0 Å². The van der Waals surface area contributed by atoms with E-state index in [1.54, 1.807) is 11.8 Å². The van der Waals surface area contributed by atoms with Crippen molar-refractivity contribution in [2.45, 2.75) is 18.2 Å². The highest BCUT2D eigenvalue weighted by Crippen LogP contribution is 2.33. The van der Waals surface area contributed by atoms with Crippen molar-refractivity contribution in [2.75, 3.05) is 12.8 Å². The molecule has 1 aliphatic rings. The maximum Gasteiger partial charge on any atom is 0.129 e. The number of nitrogens with one attached hydrogen (secondary N) is 1. The Morgan fingerprint density at radius 1 is 1.53 bits per heavy atom. The van der Waals surface area contributed by atoms with Crippen molar-refractivity contribution in [3.05, 3.63) is 34.1 Å². The molecule has 0 fully saturated rings. The van der Waals surface area contributed by atoms with Gasteiger partial charge in [-0.15, -0.1) is 0 Å². The highest BCUT2D eigenvalue weighted by Gasteiger charge is 2.20. The van der Waals surface area contributed by atoms with Gasteiger partial charge in [0.2, 0.25) is 0 Å². The minimum absolute atomic E-state index is 0.174. The molecule has 1 heterocycles. The Kier molecular flexibility index (Phi) is 3.54. The second-order valence-corrected chi connectivity index (χ2v) is 5.18. The largest absolute Gasteiger partial charge is 0.313 e. The normalized spacial score (nSPS) is 20.9. The number of hydrogen-bond acceptors (Lipinski definition) is 2. The second-order valence-electron chi connectivity index (χ2n) is 3.64.